The van der Waals surface area contributed by atoms with Gasteiger partial charge in [-0.25, -0.2) is 5.26 Å². The molecule has 4 heteroatoms. The zero-order valence-corrected chi connectivity index (χ0v) is 8.30. The van der Waals surface area contributed by atoms with E-state index in [0.29, 0.717) is 5.56 Å². The molecule has 0 spiro atoms. The molecule has 0 aliphatic rings. The van der Waals surface area contributed by atoms with Gasteiger partial charge in [0.2, 0.25) is 0 Å². The molecule has 0 aromatic heterocycles. The van der Waals surface area contributed by atoms with Gasteiger partial charge in [-0.2, -0.15) is 29.3 Å². The molecule has 0 bridgehead atoms. The van der Waals surface area contributed by atoms with Crippen LogP contribution in [-0.2, 0) is 0 Å². The molecule has 0 heterocycles. The zero-order valence-electron chi connectivity index (χ0n) is 7.54. The molecule has 0 aliphatic carbocycles. The number of hydrogen-bond acceptors (Lipinski definition) is 2. The number of nitriles is 1. The van der Waals surface area contributed by atoms with Gasteiger partial charge >= 0.3 is 18.9 Å². The summed E-state index contributed by atoms with van der Waals surface area (Å²) >= 11 is 5.60. The number of hydrogen-bond donors (Lipinski definition) is 0. The van der Waals surface area contributed by atoms with E-state index < -0.39 is 0 Å². The van der Waals surface area contributed by atoms with E-state index in [9.17, 15) is 0 Å². The Morgan fingerprint density at radius 2 is 1.92 bits per heavy atom. The predicted molar refractivity (Wildman–Crippen MR) is 46.8 cm³/mol. The summed E-state index contributed by atoms with van der Waals surface area (Å²) in [6.07, 6.45) is 0. The van der Waals surface area contributed by atoms with Crippen LogP contribution in [0.2, 0.25) is 0 Å². The molecule has 0 unspecified atom stereocenters. The van der Waals surface area contributed by atoms with Crippen LogP contribution in [0.5, 0.6) is 5.75 Å². The fourth-order valence-corrected chi connectivity index (χ4v) is 0.928. The van der Waals surface area contributed by atoms with E-state index in [-0.39, 0.29) is 24.2 Å². The molecule has 0 saturated heterocycles. The average Bonchev–Trinajstić information content (AvgIpc) is 2.17. The zero-order chi connectivity index (χ0) is 8.97. The smallest absolute Gasteiger partial charge is 0.499 e. The van der Waals surface area contributed by atoms with E-state index in [2.05, 4.69) is 0 Å². The van der Waals surface area contributed by atoms with Crippen molar-refractivity contribution in [3.8, 4) is 11.8 Å². The largest absolute Gasteiger partial charge is 1.00 e. The third kappa shape index (κ3) is 3.25. The molecular formula is C9H7ClLiNO. The van der Waals surface area contributed by atoms with Gasteiger partial charge in [0.15, 0.2) is 0 Å². The van der Waals surface area contributed by atoms with E-state index in [4.69, 9.17) is 21.6 Å². The average molecular weight is 188 g/mol. The summed E-state index contributed by atoms with van der Waals surface area (Å²) in [7, 11) is 1.59. The van der Waals surface area contributed by atoms with Crippen LogP contribution in [0.15, 0.2) is 24.3 Å². The maximum atomic E-state index is 8.46. The first-order valence-corrected chi connectivity index (χ1v) is 3.72. The Labute approximate surface area is 94.6 Å². The van der Waals surface area contributed by atoms with E-state index in [1.54, 1.807) is 31.4 Å². The number of methoxy groups -OCH3 is 1. The Morgan fingerprint density at radius 3 is 2.31 bits per heavy atom. The molecule has 13 heavy (non-hydrogen) atoms. The summed E-state index contributed by atoms with van der Waals surface area (Å²) in [6.45, 7) is 0. The molecule has 62 valence electrons. The molecule has 0 amide bonds. The third-order valence-corrected chi connectivity index (χ3v) is 1.74. The first-order valence-electron chi connectivity index (χ1n) is 3.35. The number of ether oxygens (including phenoxy) is 1. The molecule has 0 atom stereocenters. The van der Waals surface area contributed by atoms with Gasteiger partial charge in [-0.1, -0.05) is 12.1 Å². The Kier molecular flexibility index (Phi) is 5.51. The molecule has 1 aromatic carbocycles. The molecule has 0 saturated carbocycles. The summed E-state index contributed by atoms with van der Waals surface area (Å²) in [4.78, 5) is 0. The fourth-order valence-electron chi connectivity index (χ4n) is 0.802. The predicted octanol–water partition coefficient (Wildman–Crippen LogP) is -0.658. The SMILES string of the molecule is COc1ccc([C-](Cl)C#N)cc1.[Li+]. The van der Waals surface area contributed by atoms with Crippen molar-refractivity contribution in [2.24, 2.45) is 0 Å². The van der Waals surface area contributed by atoms with Gasteiger partial charge in [0.25, 0.3) is 0 Å². The van der Waals surface area contributed by atoms with Crippen LogP contribution in [0.1, 0.15) is 5.56 Å². The second-order valence-corrected chi connectivity index (χ2v) is 2.53. The van der Waals surface area contributed by atoms with Crippen LogP contribution in [0.3, 0.4) is 0 Å². The molecule has 1 aromatic rings. The van der Waals surface area contributed by atoms with Crippen LogP contribution in [0.25, 0.3) is 0 Å². The monoisotopic (exact) mass is 187 g/mol. The second kappa shape index (κ2) is 5.84. The Balaban J connectivity index is 0.00000144. The number of benzene rings is 1. The maximum absolute atomic E-state index is 8.46. The van der Waals surface area contributed by atoms with Crippen molar-refractivity contribution in [1.82, 2.24) is 0 Å². The van der Waals surface area contributed by atoms with Gasteiger partial charge in [-0.15, -0.1) is 0 Å². The van der Waals surface area contributed by atoms with Crippen molar-refractivity contribution in [1.29, 1.82) is 5.26 Å². The minimum atomic E-state index is 0. The van der Waals surface area contributed by atoms with Gasteiger partial charge in [-0.05, 0) is 0 Å². The quantitative estimate of drug-likeness (QED) is 0.455. The fraction of sp³-hybridized carbons (Fsp3) is 0.111. The minimum absolute atomic E-state index is 0. The minimum Gasteiger partial charge on any atom is -0.499 e. The summed E-state index contributed by atoms with van der Waals surface area (Å²) in [5, 5.41) is 8.66. The Hall–Kier alpha value is -0.733. The van der Waals surface area contributed by atoms with Crippen molar-refractivity contribution in [3.63, 3.8) is 0 Å². The molecule has 0 fully saturated rings. The van der Waals surface area contributed by atoms with E-state index in [0.717, 1.165) is 5.75 Å². The molecular weight excluding hydrogens is 180 g/mol. The number of nitrogens with zero attached hydrogens (tertiary/aromatic N) is 1. The number of halogens is 1. The molecule has 0 N–H and O–H groups in total. The van der Waals surface area contributed by atoms with Gasteiger partial charge in [0.1, 0.15) is 0 Å². The second-order valence-electron chi connectivity index (χ2n) is 2.15. The third-order valence-electron chi connectivity index (χ3n) is 1.44. The molecule has 2 nitrogen and oxygen atoms in total. The summed E-state index contributed by atoms with van der Waals surface area (Å²) < 4.78 is 4.95. The van der Waals surface area contributed by atoms with Crippen molar-refractivity contribution >= 4 is 11.6 Å². The van der Waals surface area contributed by atoms with Crippen LogP contribution < -0.4 is 23.6 Å². The van der Waals surface area contributed by atoms with E-state index in [1.807, 2.05) is 6.07 Å². The molecule has 0 aliphatic heterocycles. The summed E-state index contributed by atoms with van der Waals surface area (Å²) in [5.41, 5.74) is 0.708. The van der Waals surface area contributed by atoms with Crippen molar-refractivity contribution in [3.05, 3.63) is 35.2 Å². The summed E-state index contributed by atoms with van der Waals surface area (Å²) in [5.74, 6) is 0.751. The standard InChI is InChI=1S/C9H7ClNO.Li/c1-12-8-4-2-7(3-5-8)9(10)6-11;/h2-5H,1H3;/q-1;+1. The van der Waals surface area contributed by atoms with E-state index in [1.165, 1.54) is 0 Å². The van der Waals surface area contributed by atoms with Crippen LogP contribution in [-0.4, -0.2) is 7.11 Å². The molecule has 1 rings (SSSR count). The first kappa shape index (κ1) is 12.3. The Morgan fingerprint density at radius 1 is 1.38 bits per heavy atom. The van der Waals surface area contributed by atoms with Gasteiger partial charge < -0.3 is 4.74 Å². The van der Waals surface area contributed by atoms with Crippen LogP contribution in [0.4, 0.5) is 0 Å². The van der Waals surface area contributed by atoms with Crippen molar-refractivity contribution < 1.29 is 23.6 Å². The Bertz CT molecular complexity index is 293. The van der Waals surface area contributed by atoms with Crippen LogP contribution >= 0.6 is 11.6 Å². The van der Waals surface area contributed by atoms with E-state index >= 15 is 0 Å². The topological polar surface area (TPSA) is 33.0 Å². The van der Waals surface area contributed by atoms with Gasteiger partial charge in [-0.3, -0.25) is 0 Å². The van der Waals surface area contributed by atoms with Crippen LogP contribution in [0, 0.1) is 16.7 Å². The van der Waals surface area contributed by atoms with Crippen molar-refractivity contribution in [2.75, 3.05) is 7.11 Å². The molecule has 0 radical (unpaired) electrons. The van der Waals surface area contributed by atoms with Gasteiger partial charge in [0, 0.05) is 11.4 Å². The first-order chi connectivity index (χ1) is 5.77. The van der Waals surface area contributed by atoms with Gasteiger partial charge in [0.05, 0.1) is 12.9 Å². The normalized spacial score (nSPS) is 8.08. The summed E-state index contributed by atoms with van der Waals surface area (Å²) in [6, 6.07) is 8.86. The maximum Gasteiger partial charge on any atom is 1.00 e. The number of rotatable bonds is 2. The van der Waals surface area contributed by atoms with Crippen molar-refractivity contribution in [2.45, 2.75) is 0 Å².